The first-order valence-corrected chi connectivity index (χ1v) is 9.68. The second-order valence-electron chi connectivity index (χ2n) is 6.38. The van der Waals surface area contributed by atoms with Crippen molar-refractivity contribution in [2.75, 3.05) is 13.4 Å². The number of esters is 1. The highest BCUT2D eigenvalue weighted by molar-refractivity contribution is 9.10. The predicted octanol–water partition coefficient (Wildman–Crippen LogP) is 3.18. The van der Waals surface area contributed by atoms with Crippen molar-refractivity contribution in [2.45, 2.75) is 19.9 Å². The summed E-state index contributed by atoms with van der Waals surface area (Å²) < 4.78 is 31.8. The number of halogens is 2. The van der Waals surface area contributed by atoms with Crippen molar-refractivity contribution in [3.63, 3.8) is 0 Å². The molecule has 0 amide bonds. The van der Waals surface area contributed by atoms with Crippen LogP contribution in [0.3, 0.4) is 0 Å². The Hall–Kier alpha value is -2.94. The minimum atomic E-state index is -0.473. The molecule has 0 bridgehead atoms. The SMILES string of the molecule is CCOC(=O)Cc1nn(Cc2ccc(Br)cc2F)c(=O)c2cc3c(cc12)OCO3. The quantitative estimate of drug-likeness (QED) is 0.541. The number of aromatic nitrogens is 2. The zero-order valence-corrected chi connectivity index (χ0v) is 17.0. The first-order chi connectivity index (χ1) is 14.0. The van der Waals surface area contributed by atoms with Gasteiger partial charge >= 0.3 is 5.97 Å². The summed E-state index contributed by atoms with van der Waals surface area (Å²) in [6.45, 7) is 1.90. The third-order valence-electron chi connectivity index (χ3n) is 4.48. The van der Waals surface area contributed by atoms with Crippen LogP contribution in [0.15, 0.2) is 39.6 Å². The van der Waals surface area contributed by atoms with Crippen molar-refractivity contribution in [2.24, 2.45) is 0 Å². The fourth-order valence-corrected chi connectivity index (χ4v) is 3.47. The van der Waals surface area contributed by atoms with Crippen LogP contribution in [-0.4, -0.2) is 29.1 Å². The molecule has 2 aromatic carbocycles. The molecule has 0 aliphatic carbocycles. The Morgan fingerprint density at radius 1 is 1.24 bits per heavy atom. The van der Waals surface area contributed by atoms with Gasteiger partial charge in [0.05, 0.1) is 30.7 Å². The third-order valence-corrected chi connectivity index (χ3v) is 4.98. The predicted molar refractivity (Wildman–Crippen MR) is 106 cm³/mol. The number of fused-ring (bicyclic) bond motifs is 2. The summed E-state index contributed by atoms with van der Waals surface area (Å²) in [5.41, 5.74) is 0.215. The summed E-state index contributed by atoms with van der Waals surface area (Å²) >= 11 is 3.21. The average molecular weight is 463 g/mol. The Morgan fingerprint density at radius 2 is 1.97 bits per heavy atom. The first-order valence-electron chi connectivity index (χ1n) is 8.89. The van der Waals surface area contributed by atoms with Crippen LogP contribution in [0.2, 0.25) is 0 Å². The summed E-state index contributed by atoms with van der Waals surface area (Å²) in [7, 11) is 0. The molecule has 3 aromatic rings. The van der Waals surface area contributed by atoms with Gasteiger partial charge in [-0.15, -0.1) is 0 Å². The molecular weight excluding hydrogens is 447 g/mol. The van der Waals surface area contributed by atoms with Gasteiger partial charge in [0.1, 0.15) is 5.82 Å². The maximum atomic E-state index is 14.3. The fraction of sp³-hybridized carbons (Fsp3) is 0.250. The molecule has 0 spiro atoms. The van der Waals surface area contributed by atoms with E-state index in [2.05, 4.69) is 21.0 Å². The van der Waals surface area contributed by atoms with Gasteiger partial charge in [-0.05, 0) is 31.2 Å². The Bertz CT molecular complexity index is 1180. The number of nitrogens with zero attached hydrogens (tertiary/aromatic N) is 2. The Labute approximate surface area is 173 Å². The largest absolute Gasteiger partial charge is 0.466 e. The lowest BCUT2D eigenvalue weighted by Gasteiger charge is -2.12. The summed E-state index contributed by atoms with van der Waals surface area (Å²) in [5.74, 6) is -0.0328. The van der Waals surface area contributed by atoms with Crippen LogP contribution in [0, 0.1) is 5.82 Å². The van der Waals surface area contributed by atoms with Gasteiger partial charge in [-0.25, -0.2) is 9.07 Å². The van der Waals surface area contributed by atoms with Crippen molar-refractivity contribution in [3.05, 3.63) is 62.2 Å². The van der Waals surface area contributed by atoms with Gasteiger partial charge < -0.3 is 14.2 Å². The van der Waals surface area contributed by atoms with Gasteiger partial charge in [-0.1, -0.05) is 22.0 Å². The van der Waals surface area contributed by atoms with E-state index in [9.17, 15) is 14.0 Å². The summed E-state index contributed by atoms with van der Waals surface area (Å²) in [5, 5.41) is 5.11. The zero-order chi connectivity index (χ0) is 20.5. The molecular formula is C20H16BrFN2O5. The van der Waals surface area contributed by atoms with Crippen LogP contribution in [0.5, 0.6) is 11.5 Å². The van der Waals surface area contributed by atoms with E-state index in [0.717, 1.165) is 4.68 Å². The third kappa shape index (κ3) is 3.82. The van der Waals surface area contributed by atoms with Crippen molar-refractivity contribution < 1.29 is 23.4 Å². The van der Waals surface area contributed by atoms with Crippen LogP contribution >= 0.6 is 15.9 Å². The maximum Gasteiger partial charge on any atom is 0.311 e. The molecule has 150 valence electrons. The average Bonchev–Trinajstić information content (AvgIpc) is 3.14. The highest BCUT2D eigenvalue weighted by atomic mass is 79.9. The van der Waals surface area contributed by atoms with Crippen molar-refractivity contribution in [1.29, 1.82) is 0 Å². The summed E-state index contributed by atoms with van der Waals surface area (Å²) in [6.07, 6.45) is -0.132. The Morgan fingerprint density at radius 3 is 2.66 bits per heavy atom. The molecule has 1 aliphatic rings. The topological polar surface area (TPSA) is 79.7 Å². The molecule has 1 aromatic heterocycles. The number of carbonyl (C=O) groups excluding carboxylic acids is 1. The normalized spacial score (nSPS) is 12.4. The molecule has 4 rings (SSSR count). The molecule has 0 atom stereocenters. The van der Waals surface area contributed by atoms with E-state index in [1.54, 1.807) is 31.2 Å². The van der Waals surface area contributed by atoms with Crippen LogP contribution < -0.4 is 15.0 Å². The van der Waals surface area contributed by atoms with Crippen LogP contribution in [0.25, 0.3) is 10.8 Å². The van der Waals surface area contributed by atoms with E-state index < -0.39 is 17.3 Å². The smallest absolute Gasteiger partial charge is 0.311 e. The molecule has 0 saturated carbocycles. The van der Waals surface area contributed by atoms with E-state index >= 15 is 0 Å². The van der Waals surface area contributed by atoms with Gasteiger partial charge in [-0.2, -0.15) is 5.10 Å². The lowest BCUT2D eigenvalue weighted by atomic mass is 10.1. The molecule has 1 aliphatic heterocycles. The first kappa shape index (κ1) is 19.4. The van der Waals surface area contributed by atoms with E-state index in [4.69, 9.17) is 14.2 Å². The highest BCUT2D eigenvalue weighted by Crippen LogP contribution is 2.36. The highest BCUT2D eigenvalue weighted by Gasteiger charge is 2.21. The van der Waals surface area contributed by atoms with Gasteiger partial charge in [-0.3, -0.25) is 9.59 Å². The van der Waals surface area contributed by atoms with Crippen molar-refractivity contribution in [1.82, 2.24) is 9.78 Å². The molecule has 0 saturated heterocycles. The van der Waals surface area contributed by atoms with Gasteiger partial charge in [0.2, 0.25) is 6.79 Å². The monoisotopic (exact) mass is 462 g/mol. The molecule has 29 heavy (non-hydrogen) atoms. The maximum absolute atomic E-state index is 14.3. The van der Waals surface area contributed by atoms with Gasteiger partial charge in [0.15, 0.2) is 11.5 Å². The number of rotatable bonds is 5. The fourth-order valence-electron chi connectivity index (χ4n) is 3.14. The van der Waals surface area contributed by atoms with E-state index in [0.29, 0.717) is 38.0 Å². The molecule has 0 N–H and O–H groups in total. The molecule has 9 heteroatoms. The molecule has 2 heterocycles. The standard InChI is InChI=1S/C20H16BrFN2O5/c1-2-27-19(25)8-16-13-6-17-18(29-10-28-17)7-14(13)20(26)24(23-16)9-11-3-4-12(21)5-15(11)22/h3-7H,2,8-10H2,1H3. The number of hydrogen-bond donors (Lipinski definition) is 0. The Kier molecular flexibility index (Phi) is 5.23. The molecule has 0 unspecified atom stereocenters. The second-order valence-corrected chi connectivity index (χ2v) is 7.29. The van der Waals surface area contributed by atoms with Crippen molar-refractivity contribution >= 4 is 32.7 Å². The van der Waals surface area contributed by atoms with E-state index in [1.165, 1.54) is 6.07 Å². The van der Waals surface area contributed by atoms with E-state index in [1.807, 2.05) is 0 Å². The zero-order valence-electron chi connectivity index (χ0n) is 15.4. The minimum Gasteiger partial charge on any atom is -0.466 e. The molecule has 0 radical (unpaired) electrons. The summed E-state index contributed by atoms with van der Waals surface area (Å²) in [4.78, 5) is 25.1. The molecule has 0 fully saturated rings. The van der Waals surface area contributed by atoms with Gasteiger partial charge in [0, 0.05) is 15.4 Å². The Balaban J connectivity index is 1.85. The van der Waals surface area contributed by atoms with Crippen molar-refractivity contribution in [3.8, 4) is 11.5 Å². The van der Waals surface area contributed by atoms with Gasteiger partial charge in [0.25, 0.3) is 5.56 Å². The minimum absolute atomic E-state index is 0.0462. The van der Waals surface area contributed by atoms with E-state index in [-0.39, 0.29) is 26.4 Å². The van der Waals surface area contributed by atoms with Crippen LogP contribution in [0.4, 0.5) is 4.39 Å². The number of ether oxygens (including phenoxy) is 3. The number of benzene rings is 2. The lowest BCUT2D eigenvalue weighted by molar-refractivity contribution is -0.142. The second kappa shape index (κ2) is 7.82. The van der Waals surface area contributed by atoms with Crippen LogP contribution in [-0.2, 0) is 22.5 Å². The number of carbonyl (C=O) groups is 1. The lowest BCUT2D eigenvalue weighted by Crippen LogP contribution is -2.26. The molecule has 7 nitrogen and oxygen atoms in total. The van der Waals surface area contributed by atoms with Crippen LogP contribution in [0.1, 0.15) is 18.2 Å². The summed E-state index contributed by atoms with van der Waals surface area (Å²) in [6, 6.07) is 7.76. The number of hydrogen-bond acceptors (Lipinski definition) is 6.